The van der Waals surface area contributed by atoms with Crippen LogP contribution in [-0.4, -0.2) is 29.0 Å². The van der Waals surface area contributed by atoms with Crippen molar-refractivity contribution in [2.75, 3.05) is 0 Å². The molecule has 4 N–H and O–H groups in total. The van der Waals surface area contributed by atoms with E-state index in [1.54, 1.807) is 5.48 Å². The van der Waals surface area contributed by atoms with E-state index in [-0.39, 0.29) is 24.3 Å². The van der Waals surface area contributed by atoms with Gasteiger partial charge < -0.3 is 10.6 Å². The van der Waals surface area contributed by atoms with Crippen LogP contribution in [0.1, 0.15) is 55.3 Å². The van der Waals surface area contributed by atoms with Gasteiger partial charge in [0, 0.05) is 18.4 Å². The largest absolute Gasteiger partial charge is 0.351 e. The topological polar surface area (TPSA) is 108 Å². The van der Waals surface area contributed by atoms with E-state index in [0.29, 0.717) is 12.0 Å². The van der Waals surface area contributed by atoms with Gasteiger partial charge in [-0.15, -0.1) is 0 Å². The van der Waals surface area contributed by atoms with Gasteiger partial charge in [-0.05, 0) is 47.1 Å². The minimum Gasteiger partial charge on any atom is -0.351 e. The minimum atomic E-state index is -0.919. The number of benzene rings is 3. The molecule has 38 heavy (non-hydrogen) atoms. The lowest BCUT2D eigenvalue weighted by molar-refractivity contribution is -0.136. The standard InChI is InChI=1S/C31H35N3O4/c1-2-3-9-26(20-28(35)34-38)30(36)33-29(23-16-14-22(15-17-23)21-10-5-4-6-11-21)31(37)32-27-18-24-12-7-8-13-25(24)19-27/h4-8,10-17,26-27,29,38H,2-3,9,18-20H2,1H3,(H,32,37)(H,33,36)(H,34,35)/t26-,29?/m1/s1. The van der Waals surface area contributed by atoms with E-state index in [0.717, 1.165) is 36.8 Å². The first-order chi connectivity index (χ1) is 18.5. The van der Waals surface area contributed by atoms with Crippen molar-refractivity contribution in [2.45, 2.75) is 57.5 Å². The first-order valence-corrected chi connectivity index (χ1v) is 13.2. The molecule has 4 rings (SSSR count). The molecule has 1 aliphatic carbocycles. The molecule has 0 aliphatic heterocycles. The van der Waals surface area contributed by atoms with Gasteiger partial charge >= 0.3 is 0 Å². The van der Waals surface area contributed by atoms with Crippen LogP contribution < -0.4 is 16.1 Å². The number of fused-ring (bicyclic) bond motifs is 1. The second kappa shape index (κ2) is 13.0. The molecule has 0 fully saturated rings. The number of amides is 3. The zero-order valence-corrected chi connectivity index (χ0v) is 21.7. The Bertz CT molecular complexity index is 1220. The van der Waals surface area contributed by atoms with Crippen LogP contribution in [0.2, 0.25) is 0 Å². The molecular formula is C31H35N3O4. The predicted octanol–water partition coefficient (Wildman–Crippen LogP) is 4.50. The van der Waals surface area contributed by atoms with E-state index in [2.05, 4.69) is 22.8 Å². The monoisotopic (exact) mass is 513 g/mol. The van der Waals surface area contributed by atoms with E-state index in [9.17, 15) is 14.4 Å². The number of hydrogen-bond acceptors (Lipinski definition) is 4. The molecule has 3 aromatic carbocycles. The average Bonchev–Trinajstić information content (AvgIpc) is 3.36. The Hall–Kier alpha value is -3.97. The highest BCUT2D eigenvalue weighted by molar-refractivity contribution is 5.91. The smallest absolute Gasteiger partial charge is 0.247 e. The van der Waals surface area contributed by atoms with Crippen LogP contribution in [0, 0.1) is 5.92 Å². The number of hydrogen-bond donors (Lipinski definition) is 4. The van der Waals surface area contributed by atoms with Crippen LogP contribution >= 0.6 is 0 Å². The average molecular weight is 514 g/mol. The lowest BCUT2D eigenvalue weighted by atomic mass is 9.95. The van der Waals surface area contributed by atoms with Crippen LogP contribution in [0.15, 0.2) is 78.9 Å². The molecule has 1 aliphatic rings. The van der Waals surface area contributed by atoms with E-state index < -0.39 is 17.9 Å². The Balaban J connectivity index is 1.55. The Kier molecular flexibility index (Phi) is 9.27. The van der Waals surface area contributed by atoms with Gasteiger partial charge in [-0.2, -0.15) is 0 Å². The molecule has 0 saturated heterocycles. The second-order valence-electron chi connectivity index (χ2n) is 9.89. The van der Waals surface area contributed by atoms with E-state index in [1.165, 1.54) is 11.1 Å². The van der Waals surface area contributed by atoms with Crippen molar-refractivity contribution in [2.24, 2.45) is 5.92 Å². The minimum absolute atomic E-state index is 0.0565. The molecule has 0 aromatic heterocycles. The Morgan fingerprint density at radius 1 is 0.842 bits per heavy atom. The van der Waals surface area contributed by atoms with Gasteiger partial charge in [0.2, 0.25) is 17.7 Å². The molecule has 3 aromatic rings. The molecular weight excluding hydrogens is 478 g/mol. The summed E-state index contributed by atoms with van der Waals surface area (Å²) < 4.78 is 0. The van der Waals surface area contributed by atoms with Crippen LogP contribution in [0.4, 0.5) is 0 Å². The number of rotatable bonds is 11. The number of nitrogens with one attached hydrogen (secondary N) is 3. The molecule has 3 amide bonds. The zero-order chi connectivity index (χ0) is 26.9. The quantitative estimate of drug-likeness (QED) is 0.224. The third kappa shape index (κ3) is 6.86. The first-order valence-electron chi connectivity index (χ1n) is 13.2. The fourth-order valence-corrected chi connectivity index (χ4v) is 5.05. The maximum atomic E-state index is 13.6. The summed E-state index contributed by atoms with van der Waals surface area (Å²) in [4.78, 5) is 38.8. The van der Waals surface area contributed by atoms with Crippen LogP contribution in [0.5, 0.6) is 0 Å². The lowest BCUT2D eigenvalue weighted by Gasteiger charge is -2.24. The van der Waals surface area contributed by atoms with Gasteiger partial charge in [0.1, 0.15) is 6.04 Å². The van der Waals surface area contributed by atoms with Crippen LogP contribution in [0.25, 0.3) is 11.1 Å². The van der Waals surface area contributed by atoms with Gasteiger partial charge in [-0.3, -0.25) is 19.6 Å². The summed E-state index contributed by atoms with van der Waals surface area (Å²) in [5.41, 5.74) is 6.78. The molecule has 0 spiro atoms. The highest BCUT2D eigenvalue weighted by atomic mass is 16.5. The summed E-state index contributed by atoms with van der Waals surface area (Å²) in [6.07, 6.45) is 3.42. The summed E-state index contributed by atoms with van der Waals surface area (Å²) in [7, 11) is 0. The molecule has 198 valence electrons. The van der Waals surface area contributed by atoms with Crippen molar-refractivity contribution in [3.8, 4) is 11.1 Å². The van der Waals surface area contributed by atoms with Crippen molar-refractivity contribution < 1.29 is 19.6 Å². The van der Waals surface area contributed by atoms with Crippen molar-refractivity contribution in [1.29, 1.82) is 0 Å². The molecule has 0 heterocycles. The van der Waals surface area contributed by atoms with E-state index >= 15 is 0 Å². The zero-order valence-electron chi connectivity index (χ0n) is 21.7. The predicted molar refractivity (Wildman–Crippen MR) is 146 cm³/mol. The summed E-state index contributed by atoms with van der Waals surface area (Å²) in [6.45, 7) is 2.01. The third-order valence-corrected chi connectivity index (χ3v) is 7.13. The normalized spacial score (nSPS) is 14.3. The van der Waals surface area contributed by atoms with E-state index in [4.69, 9.17) is 5.21 Å². The Morgan fingerprint density at radius 3 is 2.05 bits per heavy atom. The molecule has 1 unspecified atom stereocenters. The number of carbonyl (C=O) groups is 3. The molecule has 0 bridgehead atoms. The molecule has 0 radical (unpaired) electrons. The highest BCUT2D eigenvalue weighted by Crippen LogP contribution is 2.25. The summed E-state index contributed by atoms with van der Waals surface area (Å²) >= 11 is 0. The Morgan fingerprint density at radius 2 is 1.45 bits per heavy atom. The summed E-state index contributed by atoms with van der Waals surface area (Å²) in [6, 6.07) is 24.7. The van der Waals surface area contributed by atoms with E-state index in [1.807, 2.05) is 73.7 Å². The van der Waals surface area contributed by atoms with Gasteiger partial charge in [-0.25, -0.2) is 5.48 Å². The molecule has 0 saturated carbocycles. The van der Waals surface area contributed by atoms with Crippen molar-refractivity contribution in [1.82, 2.24) is 16.1 Å². The number of unbranched alkanes of at least 4 members (excludes halogenated alkanes) is 1. The number of hydroxylamine groups is 1. The molecule has 7 heteroatoms. The van der Waals surface area contributed by atoms with Crippen LogP contribution in [-0.2, 0) is 27.2 Å². The van der Waals surface area contributed by atoms with Crippen molar-refractivity contribution >= 4 is 17.7 Å². The fraction of sp³-hybridized carbons (Fsp3) is 0.323. The Labute approximate surface area is 223 Å². The summed E-state index contributed by atoms with van der Waals surface area (Å²) in [5, 5.41) is 15.0. The SMILES string of the molecule is CCCC[C@H](CC(=O)NO)C(=O)NC(C(=O)NC1Cc2ccccc2C1)c1ccc(-c2ccccc2)cc1. The van der Waals surface area contributed by atoms with Crippen LogP contribution in [0.3, 0.4) is 0 Å². The van der Waals surface area contributed by atoms with Crippen molar-refractivity contribution in [3.63, 3.8) is 0 Å². The van der Waals surface area contributed by atoms with Gasteiger partial charge in [0.05, 0.1) is 0 Å². The third-order valence-electron chi connectivity index (χ3n) is 7.13. The lowest BCUT2D eigenvalue weighted by Crippen LogP contribution is -2.46. The molecule has 7 nitrogen and oxygen atoms in total. The second-order valence-corrected chi connectivity index (χ2v) is 9.89. The molecule has 2 atom stereocenters. The highest BCUT2D eigenvalue weighted by Gasteiger charge is 2.31. The fourth-order valence-electron chi connectivity index (χ4n) is 5.05. The first kappa shape index (κ1) is 27.1. The van der Waals surface area contributed by atoms with Gasteiger partial charge in [-0.1, -0.05) is 98.6 Å². The van der Waals surface area contributed by atoms with Gasteiger partial charge in [0.25, 0.3) is 0 Å². The summed E-state index contributed by atoms with van der Waals surface area (Å²) in [5.74, 6) is -1.96. The van der Waals surface area contributed by atoms with Crippen molar-refractivity contribution in [3.05, 3.63) is 95.6 Å². The number of carbonyl (C=O) groups excluding carboxylic acids is 3. The maximum Gasteiger partial charge on any atom is 0.247 e. The van der Waals surface area contributed by atoms with Gasteiger partial charge in [0.15, 0.2) is 0 Å². The maximum absolute atomic E-state index is 13.6.